The number of nitrogens with zero attached hydrogens (tertiary/aromatic N) is 4. The minimum Gasteiger partial charge on any atom is -0.351 e. The van der Waals surface area contributed by atoms with Gasteiger partial charge in [0, 0.05) is 38.6 Å². The molecule has 132 valence electrons. The molecule has 7 heteroatoms. The summed E-state index contributed by atoms with van der Waals surface area (Å²) >= 11 is 0. The first-order valence-electron chi connectivity index (χ1n) is 8.97. The van der Waals surface area contributed by atoms with Gasteiger partial charge in [-0.1, -0.05) is 0 Å². The molecular weight excluding hydrogens is 306 g/mol. The van der Waals surface area contributed by atoms with Crippen LogP contribution in [0.15, 0.2) is 12.4 Å². The number of hydrogen-bond donors (Lipinski definition) is 1. The summed E-state index contributed by atoms with van der Waals surface area (Å²) in [4.78, 5) is 32.7. The highest BCUT2D eigenvalue weighted by Crippen LogP contribution is 2.32. The molecule has 1 aromatic heterocycles. The van der Waals surface area contributed by atoms with E-state index in [1.54, 1.807) is 4.90 Å². The third-order valence-electron chi connectivity index (χ3n) is 5.25. The Labute approximate surface area is 142 Å². The second-order valence-electron chi connectivity index (χ2n) is 6.74. The van der Waals surface area contributed by atoms with Crippen molar-refractivity contribution in [1.29, 1.82) is 0 Å². The third kappa shape index (κ3) is 3.25. The van der Waals surface area contributed by atoms with Crippen LogP contribution >= 0.6 is 0 Å². The first kappa shape index (κ1) is 16.8. The molecule has 2 aliphatic rings. The second kappa shape index (κ2) is 7.23. The number of nitrogens with two attached hydrogens (primary N) is 1. The molecule has 3 amide bonds. The van der Waals surface area contributed by atoms with E-state index in [1.807, 2.05) is 17.3 Å². The van der Waals surface area contributed by atoms with Gasteiger partial charge in [-0.05, 0) is 39.0 Å². The van der Waals surface area contributed by atoms with Crippen LogP contribution in [-0.4, -0.2) is 50.9 Å². The van der Waals surface area contributed by atoms with Gasteiger partial charge in [0.05, 0.1) is 12.0 Å². The van der Waals surface area contributed by atoms with E-state index in [1.165, 1.54) is 0 Å². The van der Waals surface area contributed by atoms with Crippen molar-refractivity contribution in [3.8, 4) is 0 Å². The molecule has 3 heterocycles. The molecule has 0 aromatic carbocycles. The van der Waals surface area contributed by atoms with Crippen LogP contribution in [0.3, 0.4) is 0 Å². The zero-order valence-corrected chi connectivity index (χ0v) is 14.4. The van der Waals surface area contributed by atoms with Crippen molar-refractivity contribution in [2.45, 2.75) is 51.6 Å². The number of aryl methyl sites for hydroxylation is 1. The number of amides is 3. The molecule has 1 aromatic rings. The van der Waals surface area contributed by atoms with Gasteiger partial charge in [-0.25, -0.2) is 9.78 Å². The van der Waals surface area contributed by atoms with Crippen molar-refractivity contribution in [2.75, 3.05) is 19.6 Å². The normalized spacial score (nSPS) is 24.9. The highest BCUT2D eigenvalue weighted by atomic mass is 16.2. The fourth-order valence-electron chi connectivity index (χ4n) is 3.96. The lowest BCUT2D eigenvalue weighted by Crippen LogP contribution is -2.50. The molecule has 2 unspecified atom stereocenters. The number of aromatic nitrogens is 2. The van der Waals surface area contributed by atoms with Gasteiger partial charge in [0.25, 0.3) is 0 Å². The Morgan fingerprint density at radius 1 is 1.25 bits per heavy atom. The number of urea groups is 1. The topological polar surface area (TPSA) is 84.5 Å². The van der Waals surface area contributed by atoms with E-state index in [0.717, 1.165) is 51.0 Å². The summed E-state index contributed by atoms with van der Waals surface area (Å²) in [6, 6.07) is -0.380. The maximum absolute atomic E-state index is 13.1. The number of imidazole rings is 1. The number of likely N-dealkylation sites (tertiary alicyclic amines) is 2. The van der Waals surface area contributed by atoms with Crippen molar-refractivity contribution < 1.29 is 9.59 Å². The number of carbonyl (C=O) groups excluding carboxylic acids is 2. The Morgan fingerprint density at radius 2 is 2.08 bits per heavy atom. The first-order chi connectivity index (χ1) is 11.6. The predicted molar refractivity (Wildman–Crippen MR) is 90.1 cm³/mol. The maximum atomic E-state index is 13.1. The first-order valence-corrected chi connectivity index (χ1v) is 8.97. The van der Waals surface area contributed by atoms with Crippen LogP contribution in [0.2, 0.25) is 0 Å². The Balaban J connectivity index is 1.77. The molecule has 24 heavy (non-hydrogen) atoms. The number of hydrogen-bond acceptors (Lipinski definition) is 3. The van der Waals surface area contributed by atoms with Gasteiger partial charge in [0.15, 0.2) is 0 Å². The summed E-state index contributed by atoms with van der Waals surface area (Å²) < 4.78 is 2.12. The van der Waals surface area contributed by atoms with Crippen molar-refractivity contribution in [2.24, 2.45) is 11.7 Å². The largest absolute Gasteiger partial charge is 0.351 e. The molecule has 2 aliphatic heterocycles. The molecule has 7 nitrogen and oxygen atoms in total. The predicted octanol–water partition coefficient (Wildman–Crippen LogP) is 1.75. The SMILES string of the molecule is CCn1ccnc1C1CCCCN1C(=O)C1CCCN(C(N)=O)C1. The van der Waals surface area contributed by atoms with E-state index in [0.29, 0.717) is 13.1 Å². The minimum atomic E-state index is -0.427. The van der Waals surface area contributed by atoms with Gasteiger partial charge in [0.2, 0.25) is 5.91 Å². The number of rotatable bonds is 3. The van der Waals surface area contributed by atoms with Gasteiger partial charge < -0.3 is 20.1 Å². The van der Waals surface area contributed by atoms with Crippen LogP contribution in [0.1, 0.15) is 50.9 Å². The smallest absolute Gasteiger partial charge is 0.314 e. The maximum Gasteiger partial charge on any atom is 0.314 e. The van der Waals surface area contributed by atoms with E-state index in [2.05, 4.69) is 16.5 Å². The number of primary amides is 1. The van der Waals surface area contributed by atoms with Gasteiger partial charge in [-0.15, -0.1) is 0 Å². The Morgan fingerprint density at radius 3 is 2.83 bits per heavy atom. The molecule has 0 saturated carbocycles. The summed E-state index contributed by atoms with van der Waals surface area (Å²) in [5.74, 6) is 0.987. The molecule has 2 N–H and O–H groups in total. The molecular formula is C17H27N5O2. The average molecular weight is 333 g/mol. The van der Waals surface area contributed by atoms with Crippen LogP contribution in [0.4, 0.5) is 4.79 Å². The van der Waals surface area contributed by atoms with E-state index in [9.17, 15) is 9.59 Å². The van der Waals surface area contributed by atoms with E-state index < -0.39 is 6.03 Å². The van der Waals surface area contributed by atoms with Crippen LogP contribution in [0.5, 0.6) is 0 Å². The van der Waals surface area contributed by atoms with Crippen LogP contribution in [0.25, 0.3) is 0 Å². The Hall–Kier alpha value is -2.05. The molecule has 0 spiro atoms. The second-order valence-corrected chi connectivity index (χ2v) is 6.74. The zero-order chi connectivity index (χ0) is 17.1. The lowest BCUT2D eigenvalue weighted by atomic mass is 9.93. The zero-order valence-electron chi connectivity index (χ0n) is 14.4. The third-order valence-corrected chi connectivity index (χ3v) is 5.25. The van der Waals surface area contributed by atoms with Gasteiger partial charge >= 0.3 is 6.03 Å². The highest BCUT2D eigenvalue weighted by molar-refractivity contribution is 5.81. The average Bonchev–Trinajstić information content (AvgIpc) is 3.09. The van der Waals surface area contributed by atoms with E-state index >= 15 is 0 Å². The van der Waals surface area contributed by atoms with Crippen LogP contribution in [0, 0.1) is 5.92 Å². The van der Waals surface area contributed by atoms with Crippen LogP contribution < -0.4 is 5.73 Å². The molecule has 0 radical (unpaired) electrons. The summed E-state index contributed by atoms with van der Waals surface area (Å²) in [7, 11) is 0. The van der Waals surface area contributed by atoms with Gasteiger partial charge in [-0.2, -0.15) is 0 Å². The lowest BCUT2D eigenvalue weighted by Gasteiger charge is -2.40. The minimum absolute atomic E-state index is 0.0464. The fourth-order valence-corrected chi connectivity index (χ4v) is 3.96. The molecule has 3 rings (SSSR count). The molecule has 2 atom stereocenters. The monoisotopic (exact) mass is 333 g/mol. The number of carbonyl (C=O) groups is 2. The molecule has 2 saturated heterocycles. The van der Waals surface area contributed by atoms with Crippen LogP contribution in [-0.2, 0) is 11.3 Å². The Bertz CT molecular complexity index is 600. The summed E-state index contributed by atoms with van der Waals surface area (Å²) in [5, 5.41) is 0. The molecule has 0 aliphatic carbocycles. The summed E-state index contributed by atoms with van der Waals surface area (Å²) in [6.07, 6.45) is 8.54. The van der Waals surface area contributed by atoms with Crippen molar-refractivity contribution in [1.82, 2.24) is 19.4 Å². The molecule has 0 bridgehead atoms. The highest BCUT2D eigenvalue weighted by Gasteiger charge is 2.36. The standard InChI is InChI=1S/C17H27N5O2/c1-2-20-11-8-19-15(20)14-7-3-4-10-22(14)16(23)13-6-5-9-21(12-13)17(18)24/h8,11,13-14H,2-7,9-10,12H2,1H3,(H2,18,24). The van der Waals surface area contributed by atoms with Crippen molar-refractivity contribution in [3.63, 3.8) is 0 Å². The van der Waals surface area contributed by atoms with Gasteiger partial charge in [-0.3, -0.25) is 4.79 Å². The number of piperidine rings is 2. The quantitative estimate of drug-likeness (QED) is 0.914. The molecule has 2 fully saturated rings. The Kier molecular flexibility index (Phi) is 5.06. The van der Waals surface area contributed by atoms with E-state index in [4.69, 9.17) is 5.73 Å². The summed E-state index contributed by atoms with van der Waals surface area (Å²) in [5.41, 5.74) is 5.40. The van der Waals surface area contributed by atoms with E-state index in [-0.39, 0.29) is 17.9 Å². The lowest BCUT2D eigenvalue weighted by molar-refractivity contribution is -0.141. The van der Waals surface area contributed by atoms with Crippen molar-refractivity contribution in [3.05, 3.63) is 18.2 Å². The van der Waals surface area contributed by atoms with Crippen molar-refractivity contribution >= 4 is 11.9 Å². The fraction of sp³-hybridized carbons (Fsp3) is 0.706. The summed E-state index contributed by atoms with van der Waals surface area (Å²) in [6.45, 7) is 4.81. The van der Waals surface area contributed by atoms with Gasteiger partial charge in [0.1, 0.15) is 5.82 Å².